The Morgan fingerprint density at radius 1 is 1.37 bits per heavy atom. The second kappa shape index (κ2) is 7.40. The van der Waals surface area contributed by atoms with Crippen LogP contribution in [0.2, 0.25) is 0 Å². The van der Waals surface area contributed by atoms with Crippen LogP contribution in [-0.4, -0.2) is 13.7 Å². The van der Waals surface area contributed by atoms with Crippen LogP contribution in [0.15, 0.2) is 18.2 Å². The summed E-state index contributed by atoms with van der Waals surface area (Å²) in [7, 11) is 1.64. The van der Waals surface area contributed by atoms with Gasteiger partial charge in [0, 0.05) is 10.9 Å². The lowest BCUT2D eigenvalue weighted by molar-refractivity contribution is 0.268. The molecule has 0 saturated carbocycles. The molecule has 3 nitrogen and oxygen atoms in total. The van der Waals surface area contributed by atoms with Gasteiger partial charge in [0.1, 0.15) is 0 Å². The lowest BCUT2D eigenvalue weighted by Crippen LogP contribution is -2.10. The van der Waals surface area contributed by atoms with Crippen LogP contribution in [0.25, 0.3) is 0 Å². The average Bonchev–Trinajstić information content (AvgIpc) is 2.43. The molecule has 1 aromatic carbocycles. The quantitative estimate of drug-likeness (QED) is 0.554. The molecule has 0 radical (unpaired) electrons. The maximum absolute atomic E-state index is 8.96. The monoisotopic (exact) mass is 325 g/mol. The highest BCUT2D eigenvalue weighted by molar-refractivity contribution is 9.08. The Morgan fingerprint density at radius 3 is 2.68 bits per heavy atom. The van der Waals surface area contributed by atoms with Crippen molar-refractivity contribution >= 4 is 15.9 Å². The van der Waals surface area contributed by atoms with Crippen molar-refractivity contribution in [1.82, 2.24) is 0 Å². The first kappa shape index (κ1) is 15.8. The van der Waals surface area contributed by atoms with Crippen molar-refractivity contribution in [2.75, 3.05) is 13.7 Å². The average molecular weight is 326 g/mol. The molecule has 0 aromatic heterocycles. The zero-order chi connectivity index (χ0) is 14.3. The van der Waals surface area contributed by atoms with E-state index in [0.717, 1.165) is 35.2 Å². The topological polar surface area (TPSA) is 42.2 Å². The summed E-state index contributed by atoms with van der Waals surface area (Å²) >= 11 is 3.45. The first-order chi connectivity index (χ1) is 9.04. The van der Waals surface area contributed by atoms with Gasteiger partial charge in [0.25, 0.3) is 0 Å². The molecule has 1 rings (SSSR count). The maximum Gasteiger partial charge on any atom is 0.165 e. The first-order valence-electron chi connectivity index (χ1n) is 6.30. The van der Waals surface area contributed by atoms with E-state index in [4.69, 9.17) is 14.7 Å². The van der Waals surface area contributed by atoms with E-state index in [1.165, 1.54) is 0 Å². The number of nitriles is 1. The zero-order valence-corrected chi connectivity index (χ0v) is 13.3. The van der Waals surface area contributed by atoms with Crippen LogP contribution in [0, 0.1) is 16.7 Å². The fourth-order valence-corrected chi connectivity index (χ4v) is 2.18. The minimum Gasteiger partial charge on any atom is -0.493 e. The Labute approximate surface area is 123 Å². The first-order valence-corrected chi connectivity index (χ1v) is 7.42. The van der Waals surface area contributed by atoms with E-state index in [2.05, 4.69) is 22.0 Å². The Bertz CT molecular complexity index is 430. The van der Waals surface area contributed by atoms with Gasteiger partial charge in [0.15, 0.2) is 11.5 Å². The van der Waals surface area contributed by atoms with Crippen LogP contribution < -0.4 is 9.47 Å². The van der Waals surface area contributed by atoms with E-state index in [1.54, 1.807) is 7.11 Å². The minimum absolute atomic E-state index is 0.289. The smallest absolute Gasteiger partial charge is 0.165 e. The van der Waals surface area contributed by atoms with Crippen LogP contribution in [0.5, 0.6) is 11.5 Å². The van der Waals surface area contributed by atoms with Gasteiger partial charge in [0.2, 0.25) is 0 Å². The molecule has 1 aromatic rings. The zero-order valence-electron chi connectivity index (χ0n) is 11.7. The molecular formula is C15H20BrNO2. The number of para-hydroxylation sites is 1. The summed E-state index contributed by atoms with van der Waals surface area (Å²) < 4.78 is 11.1. The second-order valence-corrected chi connectivity index (χ2v) is 5.59. The highest BCUT2D eigenvalue weighted by Gasteiger charge is 2.16. The molecular weight excluding hydrogens is 306 g/mol. The van der Waals surface area contributed by atoms with Crippen LogP contribution in [0.4, 0.5) is 0 Å². The molecule has 0 atom stereocenters. The van der Waals surface area contributed by atoms with Crippen LogP contribution >= 0.6 is 15.9 Å². The molecule has 0 bridgehead atoms. The molecule has 19 heavy (non-hydrogen) atoms. The molecule has 0 unspecified atom stereocenters. The van der Waals surface area contributed by atoms with E-state index in [9.17, 15) is 0 Å². The number of methoxy groups -OCH3 is 1. The maximum atomic E-state index is 8.96. The molecule has 4 heteroatoms. The predicted molar refractivity (Wildman–Crippen MR) is 79.7 cm³/mol. The summed E-state index contributed by atoms with van der Waals surface area (Å²) in [5.74, 6) is 1.54. The lowest BCUT2D eigenvalue weighted by Gasteiger charge is -2.17. The van der Waals surface area contributed by atoms with Crippen LogP contribution in [0.3, 0.4) is 0 Å². The van der Waals surface area contributed by atoms with Crippen LogP contribution in [-0.2, 0) is 5.33 Å². The summed E-state index contributed by atoms with van der Waals surface area (Å²) in [6, 6.07) is 8.14. The molecule has 0 aliphatic rings. The van der Waals surface area contributed by atoms with E-state index in [0.29, 0.717) is 6.61 Å². The second-order valence-electron chi connectivity index (χ2n) is 5.03. The Balaban J connectivity index is 2.60. The van der Waals surface area contributed by atoms with Gasteiger partial charge in [0.05, 0.1) is 25.2 Å². The number of hydrogen-bond acceptors (Lipinski definition) is 3. The van der Waals surface area contributed by atoms with Crippen molar-refractivity contribution in [3.05, 3.63) is 23.8 Å². The third-order valence-electron chi connectivity index (χ3n) is 2.92. The lowest BCUT2D eigenvalue weighted by atomic mass is 9.90. The number of nitrogens with zero attached hydrogens (tertiary/aromatic N) is 1. The minimum atomic E-state index is -0.289. The fourth-order valence-electron chi connectivity index (χ4n) is 1.74. The van der Waals surface area contributed by atoms with Crippen molar-refractivity contribution in [1.29, 1.82) is 5.26 Å². The molecule has 0 N–H and O–H groups in total. The standard InChI is InChI=1S/C15H20BrNO2/c1-15(2,11-17)8-5-9-19-14-12(10-16)6-4-7-13(14)18-3/h4,6-7H,5,8-10H2,1-3H3. The number of hydrogen-bond donors (Lipinski definition) is 0. The van der Waals surface area contributed by atoms with Gasteiger partial charge in [-0.05, 0) is 32.8 Å². The Morgan fingerprint density at radius 2 is 2.11 bits per heavy atom. The normalized spacial score (nSPS) is 10.9. The number of halogens is 1. The summed E-state index contributed by atoms with van der Waals surface area (Å²) in [4.78, 5) is 0. The van der Waals surface area contributed by atoms with Gasteiger partial charge in [-0.3, -0.25) is 0 Å². The third-order valence-corrected chi connectivity index (χ3v) is 3.52. The highest BCUT2D eigenvalue weighted by atomic mass is 79.9. The van der Waals surface area contributed by atoms with Gasteiger partial charge < -0.3 is 9.47 Å². The van der Waals surface area contributed by atoms with Gasteiger partial charge in [-0.25, -0.2) is 0 Å². The number of benzene rings is 1. The molecule has 0 spiro atoms. The van der Waals surface area contributed by atoms with Crippen molar-refractivity contribution in [3.63, 3.8) is 0 Å². The summed E-state index contributed by atoms with van der Waals surface area (Å²) in [5.41, 5.74) is 0.779. The van der Waals surface area contributed by atoms with E-state index in [-0.39, 0.29) is 5.41 Å². The van der Waals surface area contributed by atoms with E-state index < -0.39 is 0 Å². The molecule has 0 aliphatic carbocycles. The van der Waals surface area contributed by atoms with Crippen molar-refractivity contribution in [3.8, 4) is 17.6 Å². The molecule has 0 amide bonds. The summed E-state index contributed by atoms with van der Waals surface area (Å²) in [6.07, 6.45) is 1.67. The molecule has 0 fully saturated rings. The van der Waals surface area contributed by atoms with E-state index >= 15 is 0 Å². The Hall–Kier alpha value is -1.21. The molecule has 0 heterocycles. The highest BCUT2D eigenvalue weighted by Crippen LogP contribution is 2.32. The van der Waals surface area contributed by atoms with Gasteiger partial charge in [-0.15, -0.1) is 0 Å². The van der Waals surface area contributed by atoms with Gasteiger partial charge in [-0.1, -0.05) is 28.1 Å². The van der Waals surface area contributed by atoms with Crippen molar-refractivity contribution in [2.24, 2.45) is 5.41 Å². The van der Waals surface area contributed by atoms with E-state index in [1.807, 2.05) is 32.0 Å². The SMILES string of the molecule is COc1cccc(CBr)c1OCCCC(C)(C)C#N. The molecule has 104 valence electrons. The fraction of sp³-hybridized carbons (Fsp3) is 0.533. The molecule has 0 saturated heterocycles. The van der Waals surface area contributed by atoms with Gasteiger partial charge >= 0.3 is 0 Å². The predicted octanol–water partition coefficient (Wildman–Crippen LogP) is 4.30. The van der Waals surface area contributed by atoms with Gasteiger partial charge in [-0.2, -0.15) is 5.26 Å². The number of ether oxygens (including phenoxy) is 2. The summed E-state index contributed by atoms with van der Waals surface area (Å²) in [6.45, 7) is 4.48. The van der Waals surface area contributed by atoms with Crippen LogP contribution in [0.1, 0.15) is 32.3 Å². The third kappa shape index (κ3) is 4.76. The largest absolute Gasteiger partial charge is 0.493 e. The van der Waals surface area contributed by atoms with Crippen molar-refractivity contribution in [2.45, 2.75) is 32.0 Å². The number of rotatable bonds is 7. The molecule has 0 aliphatic heterocycles. The number of alkyl halides is 1. The Kier molecular flexibility index (Phi) is 6.17. The van der Waals surface area contributed by atoms with Crippen molar-refractivity contribution < 1.29 is 9.47 Å². The summed E-state index contributed by atoms with van der Waals surface area (Å²) in [5, 5.41) is 9.68.